The summed E-state index contributed by atoms with van der Waals surface area (Å²) in [4.78, 5) is 12.2. The molecule has 0 saturated carbocycles. The molecule has 0 atom stereocenters. The standard InChI is InChI=1S/C14H12F3N5O2S/c1-7(2)24-9-6-4-3-5-8(9)18-10(23)11-21-22-12(14(15,16)17)19-20-13(22)25-11/h3-7H,1-2H3,(H,18,23). The number of rotatable bonds is 4. The Bertz CT molecular complexity index is 919. The third-order valence-electron chi connectivity index (χ3n) is 2.94. The van der Waals surface area contributed by atoms with E-state index in [-0.39, 0.29) is 16.1 Å². The van der Waals surface area contributed by atoms with Gasteiger partial charge in [0.05, 0.1) is 11.8 Å². The minimum atomic E-state index is -4.71. The number of nitrogens with zero attached hydrogens (tertiary/aromatic N) is 4. The molecule has 2 aromatic heterocycles. The highest BCUT2D eigenvalue weighted by atomic mass is 32.1. The van der Waals surface area contributed by atoms with E-state index in [4.69, 9.17) is 4.74 Å². The maximum absolute atomic E-state index is 12.8. The van der Waals surface area contributed by atoms with Crippen LogP contribution in [0.3, 0.4) is 0 Å². The number of carbonyl (C=O) groups excluding carboxylic acids is 1. The van der Waals surface area contributed by atoms with Crippen molar-refractivity contribution in [3.63, 3.8) is 0 Å². The number of hydrogen-bond acceptors (Lipinski definition) is 6. The first kappa shape index (κ1) is 17.1. The normalized spacial score (nSPS) is 11.9. The van der Waals surface area contributed by atoms with Crippen LogP contribution in [0.4, 0.5) is 18.9 Å². The lowest BCUT2D eigenvalue weighted by molar-refractivity contribution is -0.146. The lowest BCUT2D eigenvalue weighted by Crippen LogP contribution is -2.16. The van der Waals surface area contributed by atoms with Crippen molar-refractivity contribution in [2.75, 3.05) is 5.32 Å². The van der Waals surface area contributed by atoms with E-state index in [1.807, 2.05) is 13.8 Å². The molecule has 0 spiro atoms. The van der Waals surface area contributed by atoms with Gasteiger partial charge >= 0.3 is 6.18 Å². The minimum Gasteiger partial charge on any atom is -0.489 e. The monoisotopic (exact) mass is 371 g/mol. The summed E-state index contributed by atoms with van der Waals surface area (Å²) in [6.45, 7) is 3.67. The Morgan fingerprint density at radius 1 is 1.28 bits per heavy atom. The highest BCUT2D eigenvalue weighted by Gasteiger charge is 2.38. The van der Waals surface area contributed by atoms with Crippen LogP contribution in [0.15, 0.2) is 24.3 Å². The summed E-state index contributed by atoms with van der Waals surface area (Å²) in [7, 11) is 0. The average Bonchev–Trinajstić information content (AvgIpc) is 3.07. The number of anilines is 1. The third kappa shape index (κ3) is 3.55. The summed E-state index contributed by atoms with van der Waals surface area (Å²) in [6, 6.07) is 6.74. The number of alkyl halides is 3. The molecular weight excluding hydrogens is 359 g/mol. The highest BCUT2D eigenvalue weighted by molar-refractivity contribution is 7.18. The Balaban J connectivity index is 1.87. The van der Waals surface area contributed by atoms with Crippen molar-refractivity contribution in [2.24, 2.45) is 0 Å². The third-order valence-corrected chi connectivity index (χ3v) is 3.83. The van der Waals surface area contributed by atoms with Gasteiger partial charge in [0.25, 0.3) is 11.7 Å². The van der Waals surface area contributed by atoms with Crippen molar-refractivity contribution >= 4 is 27.9 Å². The first-order valence-corrected chi connectivity index (χ1v) is 7.94. The summed E-state index contributed by atoms with van der Waals surface area (Å²) >= 11 is 0.707. The second kappa shape index (κ2) is 6.31. The van der Waals surface area contributed by atoms with Crippen molar-refractivity contribution in [1.29, 1.82) is 0 Å². The number of aromatic nitrogens is 4. The second-order valence-electron chi connectivity index (χ2n) is 5.24. The van der Waals surface area contributed by atoms with Gasteiger partial charge in [-0.25, -0.2) is 0 Å². The van der Waals surface area contributed by atoms with Gasteiger partial charge < -0.3 is 10.1 Å². The number of halogens is 3. The molecule has 0 aliphatic heterocycles. The molecule has 1 amide bonds. The summed E-state index contributed by atoms with van der Waals surface area (Å²) in [5.41, 5.74) is 0.392. The molecule has 0 saturated heterocycles. The van der Waals surface area contributed by atoms with Gasteiger partial charge in [0, 0.05) is 0 Å². The van der Waals surface area contributed by atoms with E-state index in [0.29, 0.717) is 27.3 Å². The molecule has 7 nitrogen and oxygen atoms in total. The van der Waals surface area contributed by atoms with E-state index in [9.17, 15) is 18.0 Å². The van der Waals surface area contributed by atoms with E-state index in [1.54, 1.807) is 24.3 Å². The quantitative estimate of drug-likeness (QED) is 0.761. The predicted octanol–water partition coefficient (Wildman–Crippen LogP) is 3.24. The van der Waals surface area contributed by atoms with Crippen molar-refractivity contribution in [3.8, 4) is 5.75 Å². The molecule has 0 radical (unpaired) electrons. The van der Waals surface area contributed by atoms with Gasteiger partial charge in [0.2, 0.25) is 9.97 Å². The van der Waals surface area contributed by atoms with Gasteiger partial charge in [-0.2, -0.15) is 17.7 Å². The van der Waals surface area contributed by atoms with Gasteiger partial charge in [0.1, 0.15) is 5.75 Å². The number of benzene rings is 1. The summed E-state index contributed by atoms with van der Waals surface area (Å²) in [6.07, 6.45) is -4.82. The van der Waals surface area contributed by atoms with Crippen molar-refractivity contribution in [3.05, 3.63) is 35.1 Å². The minimum absolute atomic E-state index is 0.110. The number of nitrogens with one attached hydrogen (secondary N) is 1. The fraction of sp³-hybridized carbons (Fsp3) is 0.286. The molecule has 0 aliphatic carbocycles. The van der Waals surface area contributed by atoms with E-state index in [0.717, 1.165) is 0 Å². The van der Waals surface area contributed by atoms with Crippen LogP contribution in [0.2, 0.25) is 0 Å². The number of para-hydroxylation sites is 2. The maximum Gasteiger partial charge on any atom is 0.453 e. The predicted molar refractivity (Wildman–Crippen MR) is 83.8 cm³/mol. The van der Waals surface area contributed by atoms with Crippen LogP contribution in [0, 0.1) is 0 Å². The van der Waals surface area contributed by atoms with Crippen LogP contribution < -0.4 is 10.1 Å². The number of amides is 1. The van der Waals surface area contributed by atoms with E-state index in [2.05, 4.69) is 20.6 Å². The van der Waals surface area contributed by atoms with Gasteiger partial charge in [-0.1, -0.05) is 23.5 Å². The zero-order valence-electron chi connectivity index (χ0n) is 13.0. The van der Waals surface area contributed by atoms with Crippen LogP contribution in [0.25, 0.3) is 4.96 Å². The van der Waals surface area contributed by atoms with Crippen LogP contribution in [0.5, 0.6) is 5.75 Å². The van der Waals surface area contributed by atoms with Crippen molar-refractivity contribution in [2.45, 2.75) is 26.1 Å². The summed E-state index contributed by atoms with van der Waals surface area (Å²) in [5, 5.41) is 12.5. The number of carbonyl (C=O) groups is 1. The smallest absolute Gasteiger partial charge is 0.453 e. The van der Waals surface area contributed by atoms with Gasteiger partial charge in [-0.3, -0.25) is 4.79 Å². The molecule has 3 rings (SSSR count). The fourth-order valence-corrected chi connectivity index (χ4v) is 2.72. The number of hydrogen-bond donors (Lipinski definition) is 1. The topological polar surface area (TPSA) is 81.4 Å². The van der Waals surface area contributed by atoms with Crippen LogP contribution in [0.1, 0.15) is 29.5 Å². The number of fused-ring (bicyclic) bond motifs is 1. The highest BCUT2D eigenvalue weighted by Crippen LogP contribution is 2.30. The lowest BCUT2D eigenvalue weighted by Gasteiger charge is -2.14. The Kier molecular flexibility index (Phi) is 4.33. The van der Waals surface area contributed by atoms with Crippen LogP contribution in [-0.2, 0) is 6.18 Å². The van der Waals surface area contributed by atoms with Crippen LogP contribution >= 0.6 is 11.3 Å². The van der Waals surface area contributed by atoms with E-state index < -0.39 is 17.9 Å². The maximum atomic E-state index is 12.8. The van der Waals surface area contributed by atoms with Gasteiger partial charge in [0.15, 0.2) is 0 Å². The molecule has 1 aromatic carbocycles. The van der Waals surface area contributed by atoms with Crippen molar-refractivity contribution in [1.82, 2.24) is 19.8 Å². The summed E-state index contributed by atoms with van der Waals surface area (Å²) in [5.74, 6) is -1.49. The molecule has 3 aromatic rings. The first-order chi connectivity index (χ1) is 11.8. The van der Waals surface area contributed by atoms with Gasteiger partial charge in [-0.05, 0) is 26.0 Å². The zero-order valence-corrected chi connectivity index (χ0v) is 13.9. The largest absolute Gasteiger partial charge is 0.489 e. The molecule has 0 unspecified atom stereocenters. The Morgan fingerprint density at radius 2 is 2.00 bits per heavy atom. The molecule has 0 fully saturated rings. The lowest BCUT2D eigenvalue weighted by atomic mass is 10.3. The SMILES string of the molecule is CC(C)Oc1ccccc1NC(=O)c1nn2c(C(F)(F)F)nnc2s1. The molecule has 25 heavy (non-hydrogen) atoms. The molecule has 0 aliphatic rings. The molecular formula is C14H12F3N5O2S. The van der Waals surface area contributed by atoms with E-state index >= 15 is 0 Å². The van der Waals surface area contributed by atoms with Crippen molar-refractivity contribution < 1.29 is 22.7 Å². The zero-order chi connectivity index (χ0) is 18.2. The molecule has 1 N–H and O–H groups in total. The fourth-order valence-electron chi connectivity index (χ4n) is 1.99. The average molecular weight is 371 g/mol. The Morgan fingerprint density at radius 3 is 2.68 bits per heavy atom. The first-order valence-electron chi connectivity index (χ1n) is 7.12. The second-order valence-corrected chi connectivity index (χ2v) is 6.20. The van der Waals surface area contributed by atoms with Crippen LogP contribution in [-0.4, -0.2) is 31.8 Å². The van der Waals surface area contributed by atoms with Gasteiger partial charge in [-0.15, -0.1) is 15.3 Å². The molecule has 2 heterocycles. The van der Waals surface area contributed by atoms with E-state index in [1.165, 1.54) is 0 Å². The Hall–Kier alpha value is -2.69. The number of ether oxygens (including phenoxy) is 1. The Labute approximate surface area is 143 Å². The molecule has 11 heteroatoms. The molecule has 132 valence electrons. The molecule has 0 bridgehead atoms. The summed E-state index contributed by atoms with van der Waals surface area (Å²) < 4.78 is 44.5.